The van der Waals surface area contributed by atoms with Gasteiger partial charge in [-0.05, 0) is 90.7 Å². The zero-order chi connectivity index (χ0) is 32.1. The van der Waals surface area contributed by atoms with Crippen LogP contribution in [0, 0.1) is 5.92 Å². The maximum atomic E-state index is 13.7. The van der Waals surface area contributed by atoms with Crippen LogP contribution in [0.1, 0.15) is 69.2 Å². The molecule has 0 radical (unpaired) electrons. The lowest BCUT2D eigenvalue weighted by atomic mass is 9.92. The van der Waals surface area contributed by atoms with Gasteiger partial charge in [-0.1, -0.05) is 75.4 Å². The molecule has 1 amide bonds. The number of hydrogen-bond acceptors (Lipinski definition) is 5. The van der Waals surface area contributed by atoms with E-state index in [1.807, 2.05) is 54.4 Å². The van der Waals surface area contributed by atoms with Crippen LogP contribution in [-0.2, 0) is 32.1 Å². The molecular formula is C36H49NO5SSi. The van der Waals surface area contributed by atoms with Crippen molar-refractivity contribution >= 4 is 24.1 Å². The third-order valence-corrected chi connectivity index (χ3v) is 15.0. The van der Waals surface area contributed by atoms with E-state index >= 15 is 0 Å². The molecule has 0 saturated heterocycles. The predicted octanol–water partition coefficient (Wildman–Crippen LogP) is 7.99. The van der Waals surface area contributed by atoms with Gasteiger partial charge in [0.05, 0.1) is 17.4 Å². The first-order valence-electron chi connectivity index (χ1n) is 15.6. The molecule has 0 heterocycles. The monoisotopic (exact) mass is 635 g/mol. The van der Waals surface area contributed by atoms with Crippen LogP contribution in [0.3, 0.4) is 0 Å². The smallest absolute Gasteiger partial charge is 0.227 e. The van der Waals surface area contributed by atoms with Gasteiger partial charge in [0.1, 0.15) is 12.4 Å². The van der Waals surface area contributed by atoms with Gasteiger partial charge in [0.2, 0.25) is 5.91 Å². The molecule has 238 valence electrons. The fourth-order valence-electron chi connectivity index (χ4n) is 5.66. The number of likely N-dealkylation sites (N-methyl/N-ethyl adjacent to an activating group) is 1. The Bertz CT molecular complexity index is 1500. The van der Waals surface area contributed by atoms with Crippen LogP contribution < -0.4 is 4.74 Å². The first kappa shape index (κ1) is 33.9. The van der Waals surface area contributed by atoms with Crippen molar-refractivity contribution in [3.8, 4) is 5.75 Å². The summed E-state index contributed by atoms with van der Waals surface area (Å²) in [6, 6.07) is 24.7. The molecule has 3 aromatic rings. The molecule has 0 aromatic heterocycles. The Morgan fingerprint density at radius 1 is 0.955 bits per heavy atom. The van der Waals surface area contributed by atoms with Crippen LogP contribution in [0.2, 0.25) is 18.1 Å². The van der Waals surface area contributed by atoms with Gasteiger partial charge in [-0.25, -0.2) is 8.42 Å². The second kappa shape index (κ2) is 14.0. The van der Waals surface area contributed by atoms with E-state index in [0.717, 1.165) is 48.1 Å². The topological polar surface area (TPSA) is 72.9 Å². The van der Waals surface area contributed by atoms with Crippen molar-refractivity contribution in [3.63, 3.8) is 0 Å². The minimum atomic E-state index is -3.29. The van der Waals surface area contributed by atoms with E-state index in [-0.39, 0.29) is 34.4 Å². The second-order valence-electron chi connectivity index (χ2n) is 13.9. The van der Waals surface area contributed by atoms with Gasteiger partial charge >= 0.3 is 0 Å². The Balaban J connectivity index is 1.52. The number of rotatable bonds is 12. The summed E-state index contributed by atoms with van der Waals surface area (Å²) < 4.78 is 36.7. The fraction of sp³-hybridized carbons (Fsp3) is 0.472. The van der Waals surface area contributed by atoms with E-state index in [4.69, 9.17) is 9.16 Å². The zero-order valence-corrected chi connectivity index (χ0v) is 29.2. The Morgan fingerprint density at radius 3 is 2.27 bits per heavy atom. The SMILES string of the molecule is CN(C(=O)Cc1ccc(S(C)(=O)=O)cc1)[C@@H](CC1CC[C@@H](O[Si](C)(C)C(C)(C)C)C1)c1cccc(OCc2ccccc2)c1. The summed E-state index contributed by atoms with van der Waals surface area (Å²) in [4.78, 5) is 15.8. The molecule has 0 aliphatic heterocycles. The molecular weight excluding hydrogens is 587 g/mol. The van der Waals surface area contributed by atoms with Gasteiger partial charge in [-0.2, -0.15) is 0 Å². The second-order valence-corrected chi connectivity index (χ2v) is 20.6. The maximum absolute atomic E-state index is 13.7. The van der Waals surface area contributed by atoms with Crippen molar-refractivity contribution in [1.29, 1.82) is 0 Å². The summed E-state index contributed by atoms with van der Waals surface area (Å²) in [6.45, 7) is 12.0. The quantitative estimate of drug-likeness (QED) is 0.189. The van der Waals surface area contributed by atoms with Crippen LogP contribution >= 0.6 is 0 Å². The number of amides is 1. The molecule has 1 aliphatic rings. The number of hydrogen-bond donors (Lipinski definition) is 0. The maximum Gasteiger partial charge on any atom is 0.227 e. The predicted molar refractivity (Wildman–Crippen MR) is 180 cm³/mol. The summed E-state index contributed by atoms with van der Waals surface area (Å²) in [5.74, 6) is 1.21. The standard InChI is InChI=1S/C36H49NO5SSi/c1-36(2,3)44(6,7)42-32-19-16-29(22-32)23-34(30-14-11-15-31(25-30)41-26-28-12-9-8-10-13-28)37(4)35(38)24-27-17-20-33(21-18-27)43(5,39)40/h8-15,17-18,20-21,25,29,32,34H,16,19,22-24,26H2,1-7H3/t29?,32-,34+/m1/s1. The highest BCUT2D eigenvalue weighted by atomic mass is 32.2. The summed E-state index contributed by atoms with van der Waals surface area (Å²) >= 11 is 0. The van der Waals surface area contributed by atoms with Gasteiger partial charge in [0.15, 0.2) is 18.2 Å². The highest BCUT2D eigenvalue weighted by Gasteiger charge is 2.41. The van der Waals surface area contributed by atoms with Gasteiger partial charge in [-0.15, -0.1) is 0 Å². The summed E-state index contributed by atoms with van der Waals surface area (Å²) in [5, 5.41) is 0.167. The molecule has 6 nitrogen and oxygen atoms in total. The van der Waals surface area contributed by atoms with Crippen molar-refractivity contribution < 1.29 is 22.4 Å². The van der Waals surface area contributed by atoms with Crippen LogP contribution in [0.25, 0.3) is 0 Å². The zero-order valence-electron chi connectivity index (χ0n) is 27.4. The number of sulfone groups is 1. The lowest BCUT2D eigenvalue weighted by Crippen LogP contribution is -2.43. The average molecular weight is 636 g/mol. The Labute approximate surface area is 265 Å². The molecule has 4 rings (SSSR count). The lowest BCUT2D eigenvalue weighted by Gasteiger charge is -2.38. The molecule has 3 aromatic carbocycles. The lowest BCUT2D eigenvalue weighted by molar-refractivity contribution is -0.131. The number of ether oxygens (including phenoxy) is 1. The first-order valence-corrected chi connectivity index (χ1v) is 20.4. The fourth-order valence-corrected chi connectivity index (χ4v) is 7.69. The normalized spacial score (nSPS) is 18.2. The molecule has 0 bridgehead atoms. The Morgan fingerprint density at radius 2 is 1.64 bits per heavy atom. The molecule has 1 unspecified atom stereocenters. The van der Waals surface area contributed by atoms with Crippen LogP contribution in [0.5, 0.6) is 5.75 Å². The molecule has 1 saturated carbocycles. The van der Waals surface area contributed by atoms with Crippen molar-refractivity contribution in [2.45, 2.75) is 94.7 Å². The third-order valence-electron chi connectivity index (χ3n) is 9.38. The Hall–Kier alpha value is -2.94. The third kappa shape index (κ3) is 9.05. The number of benzene rings is 3. The van der Waals surface area contributed by atoms with Crippen LogP contribution in [0.4, 0.5) is 0 Å². The number of carbonyl (C=O) groups is 1. The van der Waals surface area contributed by atoms with Crippen LogP contribution in [0.15, 0.2) is 83.8 Å². The number of nitrogens with zero attached hydrogens (tertiary/aromatic N) is 1. The van der Waals surface area contributed by atoms with Gasteiger partial charge in [0.25, 0.3) is 0 Å². The molecule has 44 heavy (non-hydrogen) atoms. The highest BCUT2D eigenvalue weighted by molar-refractivity contribution is 7.90. The summed E-state index contributed by atoms with van der Waals surface area (Å²) in [6.07, 6.45) is 5.62. The van der Waals surface area contributed by atoms with Crippen molar-refractivity contribution in [3.05, 3.63) is 95.6 Å². The summed E-state index contributed by atoms with van der Waals surface area (Å²) in [5.41, 5.74) is 2.94. The molecule has 1 fully saturated rings. The minimum absolute atomic E-state index is 0.00946. The van der Waals surface area contributed by atoms with Crippen molar-refractivity contribution in [2.24, 2.45) is 5.92 Å². The molecule has 0 N–H and O–H groups in total. The molecule has 0 spiro atoms. The number of carbonyl (C=O) groups excluding carboxylic acids is 1. The molecule has 8 heteroatoms. The largest absolute Gasteiger partial charge is 0.489 e. The van der Waals surface area contributed by atoms with Gasteiger partial charge < -0.3 is 14.1 Å². The highest BCUT2D eigenvalue weighted by Crippen LogP contribution is 2.43. The average Bonchev–Trinajstić information content (AvgIpc) is 3.40. The Kier molecular flexibility index (Phi) is 10.8. The first-order chi connectivity index (χ1) is 20.6. The van der Waals surface area contributed by atoms with E-state index in [9.17, 15) is 13.2 Å². The van der Waals surface area contributed by atoms with E-state index < -0.39 is 18.2 Å². The van der Waals surface area contributed by atoms with Crippen molar-refractivity contribution in [2.75, 3.05) is 13.3 Å². The van der Waals surface area contributed by atoms with Gasteiger partial charge in [-0.3, -0.25) is 4.79 Å². The van der Waals surface area contributed by atoms with E-state index in [1.165, 1.54) is 6.26 Å². The van der Waals surface area contributed by atoms with E-state index in [2.05, 4.69) is 46.0 Å². The van der Waals surface area contributed by atoms with Crippen molar-refractivity contribution in [1.82, 2.24) is 4.90 Å². The minimum Gasteiger partial charge on any atom is -0.489 e. The van der Waals surface area contributed by atoms with Gasteiger partial charge in [0, 0.05) is 19.4 Å². The van der Waals surface area contributed by atoms with E-state index in [0.29, 0.717) is 12.5 Å². The molecule has 3 atom stereocenters. The molecule has 1 aliphatic carbocycles. The summed E-state index contributed by atoms with van der Waals surface area (Å²) in [7, 11) is -3.28. The van der Waals surface area contributed by atoms with Crippen LogP contribution in [-0.4, -0.2) is 46.9 Å². The van der Waals surface area contributed by atoms with E-state index in [1.54, 1.807) is 24.3 Å².